The summed E-state index contributed by atoms with van der Waals surface area (Å²) < 4.78 is 0. The van der Waals surface area contributed by atoms with Gasteiger partial charge in [-0.05, 0) is 5.56 Å². The van der Waals surface area contributed by atoms with E-state index in [1.807, 2.05) is 0 Å². The molecule has 0 spiro atoms. The lowest BCUT2D eigenvalue weighted by molar-refractivity contribution is 1.61. The van der Waals surface area contributed by atoms with Crippen molar-refractivity contribution in [3.05, 3.63) is 41.6 Å². The lowest BCUT2D eigenvalue weighted by Crippen LogP contribution is -2.27. The Kier molecular flexibility index (Phi) is 3.97. The molecule has 0 aliphatic rings. The summed E-state index contributed by atoms with van der Waals surface area (Å²) in [6.07, 6.45) is 0. The third-order valence-electron chi connectivity index (χ3n) is 2.47. The van der Waals surface area contributed by atoms with E-state index in [-0.39, 0.29) is 0 Å². The molecule has 0 aliphatic carbocycles. The van der Waals surface area contributed by atoms with E-state index >= 15 is 0 Å². The van der Waals surface area contributed by atoms with E-state index in [2.05, 4.69) is 75.3 Å². The van der Waals surface area contributed by atoms with E-state index in [9.17, 15) is 0 Å². The van der Waals surface area contributed by atoms with Crippen molar-refractivity contribution in [2.24, 2.45) is 0 Å². The van der Waals surface area contributed by atoms with Crippen molar-refractivity contribution in [1.29, 1.82) is 0 Å². The topological polar surface area (TPSA) is 0 Å². The van der Waals surface area contributed by atoms with Crippen LogP contribution in [0.2, 0.25) is 39.3 Å². The summed E-state index contributed by atoms with van der Waals surface area (Å²) in [4.78, 5) is 0. The summed E-state index contributed by atoms with van der Waals surface area (Å²) >= 11 is 0. The van der Waals surface area contributed by atoms with Crippen LogP contribution in [-0.4, -0.2) is 16.1 Å². The Morgan fingerprint density at radius 1 is 0.875 bits per heavy atom. The molecule has 2 heteroatoms. The first-order valence-corrected chi connectivity index (χ1v) is 13.1. The highest BCUT2D eigenvalue weighted by molar-refractivity contribution is 6.96. The molecule has 0 bridgehead atoms. The van der Waals surface area contributed by atoms with Gasteiger partial charge < -0.3 is 0 Å². The SMILES string of the molecule is C[Si](C)(C)/C=C(/c1ccccc1)[Si](C)(C)C. The minimum absolute atomic E-state index is 1.14. The van der Waals surface area contributed by atoms with Gasteiger partial charge in [-0.15, -0.1) is 0 Å². The maximum atomic E-state index is 2.59. The predicted molar refractivity (Wildman–Crippen MR) is 81.1 cm³/mol. The molecule has 0 atom stereocenters. The zero-order valence-electron chi connectivity index (χ0n) is 11.5. The maximum absolute atomic E-state index is 2.59. The quantitative estimate of drug-likeness (QED) is 0.673. The lowest BCUT2D eigenvalue weighted by atomic mass is 10.2. The van der Waals surface area contributed by atoms with Crippen LogP contribution in [0.4, 0.5) is 0 Å². The van der Waals surface area contributed by atoms with Crippen LogP contribution >= 0.6 is 0 Å². The Bertz CT molecular complexity index is 364. The smallest absolute Gasteiger partial charge is 0.0774 e. The van der Waals surface area contributed by atoms with Crippen molar-refractivity contribution < 1.29 is 0 Å². The van der Waals surface area contributed by atoms with E-state index < -0.39 is 16.1 Å². The van der Waals surface area contributed by atoms with E-state index in [0.717, 1.165) is 0 Å². The Labute approximate surface area is 102 Å². The number of rotatable bonds is 3. The summed E-state index contributed by atoms with van der Waals surface area (Å²) in [6, 6.07) is 10.9. The van der Waals surface area contributed by atoms with E-state index in [4.69, 9.17) is 0 Å². The molecule has 16 heavy (non-hydrogen) atoms. The van der Waals surface area contributed by atoms with Gasteiger partial charge in [0.1, 0.15) is 0 Å². The Hall–Kier alpha value is -0.606. The third kappa shape index (κ3) is 4.10. The Balaban J connectivity index is 3.24. The minimum atomic E-state index is -1.24. The molecule has 0 saturated carbocycles. The fraction of sp³-hybridized carbons (Fsp3) is 0.429. The molecule has 0 aliphatic heterocycles. The van der Waals surface area contributed by atoms with Crippen LogP contribution < -0.4 is 0 Å². The Morgan fingerprint density at radius 2 is 1.38 bits per heavy atom. The molecule has 1 rings (SSSR count). The average Bonchev–Trinajstić information content (AvgIpc) is 2.13. The molecule has 0 nitrogen and oxygen atoms in total. The molecular formula is C14H24Si2. The molecule has 0 heterocycles. The highest BCUT2D eigenvalue weighted by Crippen LogP contribution is 2.27. The van der Waals surface area contributed by atoms with Gasteiger partial charge in [-0.25, -0.2) is 0 Å². The minimum Gasteiger partial charge on any atom is -0.0951 e. The molecule has 1 aromatic carbocycles. The standard InChI is InChI=1S/C14H24Si2/c1-15(2,3)12-14(16(4,5)6)13-10-8-7-9-11-13/h7-12H,1-6H3/b14-12-. The van der Waals surface area contributed by atoms with Gasteiger partial charge in [-0.1, -0.05) is 80.5 Å². The van der Waals surface area contributed by atoms with Gasteiger partial charge in [-0.3, -0.25) is 0 Å². The van der Waals surface area contributed by atoms with Crippen molar-refractivity contribution in [2.75, 3.05) is 0 Å². The van der Waals surface area contributed by atoms with Crippen molar-refractivity contribution in [3.63, 3.8) is 0 Å². The van der Waals surface area contributed by atoms with Crippen molar-refractivity contribution in [1.82, 2.24) is 0 Å². The molecule has 0 saturated heterocycles. The van der Waals surface area contributed by atoms with Gasteiger partial charge >= 0.3 is 0 Å². The lowest BCUT2D eigenvalue weighted by Gasteiger charge is -2.25. The molecule has 88 valence electrons. The number of hydrogen-bond donors (Lipinski definition) is 0. The number of benzene rings is 1. The molecule has 1 aromatic rings. The van der Waals surface area contributed by atoms with E-state index in [1.165, 1.54) is 5.56 Å². The summed E-state index contributed by atoms with van der Waals surface area (Å²) in [7, 11) is -2.38. The van der Waals surface area contributed by atoms with Gasteiger partial charge in [0.2, 0.25) is 0 Å². The monoisotopic (exact) mass is 248 g/mol. The molecule has 0 radical (unpaired) electrons. The first-order chi connectivity index (χ1) is 7.20. The Morgan fingerprint density at radius 3 is 1.75 bits per heavy atom. The second-order valence-corrected chi connectivity index (χ2v) is 16.6. The van der Waals surface area contributed by atoms with Crippen molar-refractivity contribution in [3.8, 4) is 0 Å². The molecule has 0 N–H and O–H groups in total. The van der Waals surface area contributed by atoms with E-state index in [0.29, 0.717) is 0 Å². The molecule has 0 amide bonds. The fourth-order valence-corrected chi connectivity index (χ4v) is 6.88. The summed E-state index contributed by atoms with van der Waals surface area (Å²) in [5, 5.41) is 1.63. The molecule has 0 unspecified atom stereocenters. The number of hydrogen-bond acceptors (Lipinski definition) is 0. The largest absolute Gasteiger partial charge is 0.0951 e. The van der Waals surface area contributed by atoms with Crippen molar-refractivity contribution in [2.45, 2.75) is 39.3 Å². The molecule has 0 aromatic heterocycles. The van der Waals surface area contributed by atoms with Crippen LogP contribution in [0.25, 0.3) is 5.20 Å². The fourth-order valence-electron chi connectivity index (χ4n) is 1.78. The zero-order chi connectivity index (χ0) is 12.4. The zero-order valence-corrected chi connectivity index (χ0v) is 13.5. The summed E-state index contributed by atoms with van der Waals surface area (Å²) in [6.45, 7) is 14.5. The highest BCUT2D eigenvalue weighted by atomic mass is 28.3. The van der Waals surface area contributed by atoms with Gasteiger partial charge in [-0.2, -0.15) is 0 Å². The average molecular weight is 249 g/mol. The van der Waals surface area contributed by atoms with Crippen LogP contribution in [0.15, 0.2) is 36.0 Å². The van der Waals surface area contributed by atoms with Crippen LogP contribution in [0.5, 0.6) is 0 Å². The first kappa shape index (κ1) is 13.5. The molecule has 0 fully saturated rings. The predicted octanol–water partition coefficient (Wildman–Crippen LogP) is 4.82. The van der Waals surface area contributed by atoms with Crippen molar-refractivity contribution >= 4 is 21.3 Å². The van der Waals surface area contributed by atoms with Gasteiger partial charge in [0, 0.05) is 0 Å². The van der Waals surface area contributed by atoms with Gasteiger partial charge in [0.05, 0.1) is 16.1 Å². The van der Waals surface area contributed by atoms with E-state index in [1.54, 1.807) is 5.20 Å². The van der Waals surface area contributed by atoms with Gasteiger partial charge in [0.15, 0.2) is 0 Å². The maximum Gasteiger partial charge on any atom is 0.0774 e. The van der Waals surface area contributed by atoms with Crippen LogP contribution in [0, 0.1) is 0 Å². The van der Waals surface area contributed by atoms with Gasteiger partial charge in [0.25, 0.3) is 0 Å². The normalized spacial score (nSPS) is 14.0. The second-order valence-electron chi connectivity index (χ2n) is 6.54. The second kappa shape index (κ2) is 4.72. The highest BCUT2D eigenvalue weighted by Gasteiger charge is 2.23. The van der Waals surface area contributed by atoms with Crippen LogP contribution in [0.3, 0.4) is 0 Å². The summed E-state index contributed by atoms with van der Waals surface area (Å²) in [5.74, 6) is 0. The van der Waals surface area contributed by atoms with Crippen LogP contribution in [-0.2, 0) is 0 Å². The summed E-state index contributed by atoms with van der Waals surface area (Å²) in [5.41, 5.74) is 4.03. The molecular weight excluding hydrogens is 224 g/mol. The third-order valence-corrected chi connectivity index (χ3v) is 5.96. The van der Waals surface area contributed by atoms with Crippen LogP contribution in [0.1, 0.15) is 5.56 Å². The first-order valence-electron chi connectivity index (χ1n) is 5.99.